The van der Waals surface area contributed by atoms with Crippen LogP contribution in [0.3, 0.4) is 0 Å². The van der Waals surface area contributed by atoms with Gasteiger partial charge in [0.05, 0.1) is 10.4 Å². The van der Waals surface area contributed by atoms with Crippen molar-refractivity contribution >= 4 is 28.2 Å². The van der Waals surface area contributed by atoms with E-state index in [2.05, 4.69) is 18.8 Å². The minimum absolute atomic E-state index is 0.00153. The quantitative estimate of drug-likeness (QED) is 0.773. The number of carbonyl (C=O) groups is 2. The van der Waals surface area contributed by atoms with Gasteiger partial charge in [0.25, 0.3) is 0 Å². The molecule has 3 rings (SSSR count). The average molecular weight is 374 g/mol. The van der Waals surface area contributed by atoms with Crippen molar-refractivity contribution in [3.63, 3.8) is 0 Å². The molecule has 1 N–H and O–H groups in total. The number of aromatic carboxylic acids is 1. The SMILES string of the molecule is CC1CCC(C(=O)N(c2sc(C#CC3CC3)cc2C(=O)O)C(C)C)CC1. The second-order valence-corrected chi connectivity index (χ2v) is 8.97. The Kier molecular flexibility index (Phi) is 5.72. The molecule has 0 aliphatic heterocycles. The molecule has 1 heterocycles. The lowest BCUT2D eigenvalue weighted by atomic mass is 9.82. The molecule has 2 aliphatic rings. The van der Waals surface area contributed by atoms with Gasteiger partial charge in [-0.1, -0.05) is 18.8 Å². The van der Waals surface area contributed by atoms with Crippen LogP contribution in [0.5, 0.6) is 0 Å². The molecule has 26 heavy (non-hydrogen) atoms. The number of amides is 1. The molecule has 4 nitrogen and oxygen atoms in total. The summed E-state index contributed by atoms with van der Waals surface area (Å²) in [6.45, 7) is 6.13. The smallest absolute Gasteiger partial charge is 0.338 e. The lowest BCUT2D eigenvalue weighted by Gasteiger charge is -2.33. The number of nitrogens with zero attached hydrogens (tertiary/aromatic N) is 1. The van der Waals surface area contributed by atoms with E-state index in [4.69, 9.17) is 0 Å². The minimum atomic E-state index is -0.994. The molecule has 2 saturated carbocycles. The van der Waals surface area contributed by atoms with E-state index < -0.39 is 5.97 Å². The van der Waals surface area contributed by atoms with E-state index in [0.717, 1.165) is 43.4 Å². The summed E-state index contributed by atoms with van der Waals surface area (Å²) in [7, 11) is 0. The molecular weight excluding hydrogens is 346 g/mol. The predicted octanol–water partition coefficient (Wildman–Crippen LogP) is 4.78. The van der Waals surface area contributed by atoms with E-state index in [1.54, 1.807) is 11.0 Å². The third kappa shape index (κ3) is 4.29. The van der Waals surface area contributed by atoms with Crippen molar-refractivity contribution < 1.29 is 14.7 Å². The van der Waals surface area contributed by atoms with Crippen molar-refractivity contribution in [1.29, 1.82) is 0 Å². The van der Waals surface area contributed by atoms with E-state index in [9.17, 15) is 14.7 Å². The summed E-state index contributed by atoms with van der Waals surface area (Å²) in [6, 6.07) is 1.55. The highest BCUT2D eigenvalue weighted by Crippen LogP contribution is 2.37. The van der Waals surface area contributed by atoms with E-state index in [-0.39, 0.29) is 23.4 Å². The zero-order valence-electron chi connectivity index (χ0n) is 15.7. The Labute approximate surface area is 159 Å². The summed E-state index contributed by atoms with van der Waals surface area (Å²) in [5, 5.41) is 10.2. The largest absolute Gasteiger partial charge is 0.478 e. The molecule has 140 valence electrons. The minimum Gasteiger partial charge on any atom is -0.478 e. The standard InChI is InChI=1S/C21H27NO3S/c1-13(2)22(19(23)16-9-4-14(3)5-10-16)20-18(21(24)25)12-17(26-20)11-8-15-6-7-15/h12-16H,4-7,9-10H2,1-3H3,(H,24,25). The summed E-state index contributed by atoms with van der Waals surface area (Å²) in [6.07, 6.45) is 6.19. The molecule has 2 fully saturated rings. The molecule has 0 unspecified atom stereocenters. The number of carboxylic acids is 1. The number of carbonyl (C=O) groups excluding carboxylic acids is 1. The summed E-state index contributed by atoms with van der Waals surface area (Å²) in [5.41, 5.74) is 0.196. The number of anilines is 1. The van der Waals surface area contributed by atoms with Crippen molar-refractivity contribution in [2.24, 2.45) is 17.8 Å². The van der Waals surface area contributed by atoms with Gasteiger partial charge in [-0.25, -0.2) is 4.79 Å². The first-order valence-electron chi connectivity index (χ1n) is 9.58. The molecule has 0 bridgehead atoms. The molecule has 1 aromatic rings. The van der Waals surface area contributed by atoms with Gasteiger partial charge in [0, 0.05) is 17.9 Å². The van der Waals surface area contributed by atoms with Crippen LogP contribution in [0.2, 0.25) is 0 Å². The van der Waals surface area contributed by atoms with Gasteiger partial charge in [-0.05, 0) is 64.4 Å². The maximum Gasteiger partial charge on any atom is 0.338 e. The number of thiophene rings is 1. The fourth-order valence-electron chi connectivity index (χ4n) is 3.47. The van der Waals surface area contributed by atoms with Crippen molar-refractivity contribution in [3.8, 4) is 11.8 Å². The Morgan fingerprint density at radius 3 is 2.38 bits per heavy atom. The van der Waals surface area contributed by atoms with Crippen molar-refractivity contribution in [1.82, 2.24) is 0 Å². The first-order chi connectivity index (χ1) is 12.4. The van der Waals surface area contributed by atoms with Crippen molar-refractivity contribution in [3.05, 3.63) is 16.5 Å². The van der Waals surface area contributed by atoms with Crippen LogP contribution in [-0.4, -0.2) is 23.0 Å². The molecule has 0 aromatic carbocycles. The van der Waals surface area contributed by atoms with Crippen LogP contribution in [-0.2, 0) is 4.79 Å². The zero-order valence-corrected chi connectivity index (χ0v) is 16.6. The van der Waals surface area contributed by atoms with E-state index >= 15 is 0 Å². The highest BCUT2D eigenvalue weighted by Gasteiger charge is 2.33. The van der Waals surface area contributed by atoms with Crippen LogP contribution in [0, 0.1) is 29.6 Å². The van der Waals surface area contributed by atoms with Gasteiger partial charge in [-0.2, -0.15) is 0 Å². The average Bonchev–Trinajstić information content (AvgIpc) is 3.32. The molecule has 0 radical (unpaired) electrons. The fourth-order valence-corrected chi connectivity index (χ4v) is 4.62. The lowest BCUT2D eigenvalue weighted by molar-refractivity contribution is -0.123. The highest BCUT2D eigenvalue weighted by molar-refractivity contribution is 7.17. The Bertz CT molecular complexity index is 743. The highest BCUT2D eigenvalue weighted by atomic mass is 32.1. The Hall–Kier alpha value is -1.80. The van der Waals surface area contributed by atoms with Gasteiger partial charge in [0.15, 0.2) is 0 Å². The van der Waals surface area contributed by atoms with Crippen molar-refractivity contribution in [2.45, 2.75) is 65.3 Å². The van der Waals surface area contributed by atoms with Gasteiger partial charge in [-0.3, -0.25) is 4.79 Å². The van der Waals surface area contributed by atoms with Crippen LogP contribution in [0.4, 0.5) is 5.00 Å². The topological polar surface area (TPSA) is 57.6 Å². The van der Waals surface area contributed by atoms with Crippen LogP contribution in [0.25, 0.3) is 0 Å². The normalized spacial score (nSPS) is 22.6. The molecule has 0 atom stereocenters. The van der Waals surface area contributed by atoms with Crippen LogP contribution < -0.4 is 4.90 Å². The monoisotopic (exact) mass is 373 g/mol. The number of hydrogen-bond acceptors (Lipinski definition) is 3. The first-order valence-corrected chi connectivity index (χ1v) is 10.4. The molecule has 1 aromatic heterocycles. The van der Waals surface area contributed by atoms with Gasteiger partial charge in [-0.15, -0.1) is 11.3 Å². The first kappa shape index (κ1) is 19.0. The van der Waals surface area contributed by atoms with Gasteiger partial charge in [0.1, 0.15) is 5.00 Å². The van der Waals surface area contributed by atoms with Crippen LogP contribution in [0.15, 0.2) is 6.07 Å². The summed E-state index contributed by atoms with van der Waals surface area (Å²) < 4.78 is 0. The Morgan fingerprint density at radius 1 is 1.19 bits per heavy atom. The second-order valence-electron chi connectivity index (χ2n) is 7.94. The molecule has 0 spiro atoms. The molecular formula is C21H27NO3S. The maximum absolute atomic E-state index is 13.2. The maximum atomic E-state index is 13.2. The zero-order chi connectivity index (χ0) is 18.8. The lowest BCUT2D eigenvalue weighted by Crippen LogP contribution is -2.42. The van der Waals surface area contributed by atoms with Gasteiger partial charge in [0.2, 0.25) is 5.91 Å². The Balaban J connectivity index is 1.90. The third-order valence-electron chi connectivity index (χ3n) is 5.26. The molecule has 1 amide bonds. The number of rotatable bonds is 4. The van der Waals surface area contributed by atoms with Crippen LogP contribution in [0.1, 0.15) is 74.5 Å². The van der Waals surface area contributed by atoms with Gasteiger partial charge < -0.3 is 10.0 Å². The summed E-state index contributed by atoms with van der Waals surface area (Å²) >= 11 is 1.34. The number of hydrogen-bond donors (Lipinski definition) is 1. The second kappa shape index (κ2) is 7.84. The third-order valence-corrected chi connectivity index (χ3v) is 6.31. The molecule has 0 saturated heterocycles. The van der Waals surface area contributed by atoms with Crippen LogP contribution >= 0.6 is 11.3 Å². The van der Waals surface area contributed by atoms with E-state index in [1.807, 2.05) is 13.8 Å². The number of carboxylic acid groups (broad SMARTS) is 1. The summed E-state index contributed by atoms with van der Waals surface area (Å²) in [5.74, 6) is 6.49. The van der Waals surface area contributed by atoms with E-state index in [1.165, 1.54) is 11.3 Å². The van der Waals surface area contributed by atoms with Crippen molar-refractivity contribution in [2.75, 3.05) is 4.90 Å². The molecule has 2 aliphatic carbocycles. The predicted molar refractivity (Wildman–Crippen MR) is 105 cm³/mol. The summed E-state index contributed by atoms with van der Waals surface area (Å²) in [4.78, 5) is 27.4. The Morgan fingerprint density at radius 2 is 1.85 bits per heavy atom. The fraction of sp³-hybridized carbons (Fsp3) is 0.619. The van der Waals surface area contributed by atoms with E-state index in [0.29, 0.717) is 16.8 Å². The van der Waals surface area contributed by atoms with Gasteiger partial charge >= 0.3 is 5.97 Å². The molecule has 5 heteroatoms.